The van der Waals surface area contributed by atoms with Gasteiger partial charge in [-0.1, -0.05) is 20.4 Å². The van der Waals surface area contributed by atoms with Crippen molar-refractivity contribution < 1.29 is 19.7 Å². The van der Waals surface area contributed by atoms with E-state index in [1.165, 1.54) is 6.92 Å². The first-order chi connectivity index (χ1) is 13.7. The average Bonchev–Trinajstić information content (AvgIpc) is 3.19. The summed E-state index contributed by atoms with van der Waals surface area (Å²) in [5.41, 5.74) is 0.724. The zero-order valence-corrected chi connectivity index (χ0v) is 17.9. The monoisotopic (exact) mass is 401 g/mol. The Morgan fingerprint density at radius 2 is 2.07 bits per heavy atom. The average molecular weight is 402 g/mol. The van der Waals surface area contributed by atoms with Crippen LogP contribution in [0.25, 0.3) is 0 Å². The van der Waals surface area contributed by atoms with Gasteiger partial charge in [-0.3, -0.25) is 9.69 Å². The van der Waals surface area contributed by atoms with E-state index in [4.69, 9.17) is 4.74 Å². The number of hydrogen-bond donors (Lipinski definition) is 2. The number of nitrogens with zero attached hydrogens (tertiary/aromatic N) is 1. The van der Waals surface area contributed by atoms with Crippen molar-refractivity contribution in [3.63, 3.8) is 0 Å². The van der Waals surface area contributed by atoms with Gasteiger partial charge in [-0.25, -0.2) is 0 Å². The maximum Gasteiger partial charge on any atom is 0.302 e. The van der Waals surface area contributed by atoms with Crippen LogP contribution in [0.4, 0.5) is 0 Å². The summed E-state index contributed by atoms with van der Waals surface area (Å²) in [5, 5.41) is 23.2. The molecule has 6 rings (SSSR count). The van der Waals surface area contributed by atoms with Crippen LogP contribution >= 0.6 is 0 Å². The molecule has 5 heteroatoms. The van der Waals surface area contributed by atoms with Crippen LogP contribution in [0.2, 0.25) is 0 Å². The molecule has 6 aliphatic rings. The standard InChI is InChI=1S/C24H35NO4/c1-5-25-11-22(4)7-6-19(27)24-17(22)8-15(20(24)25)23-10-14(12(2)21(23)28)16(9-18(23)24)29-13(3)26/h14-21,27-28H,2,5-11H2,1,3-4H3. The fraction of sp³-hybridized carbons (Fsp3) is 0.875. The second-order valence-corrected chi connectivity index (χ2v) is 11.4. The Hall–Kier alpha value is -0.910. The highest BCUT2D eigenvalue weighted by Crippen LogP contribution is 2.83. The second kappa shape index (κ2) is 5.46. The van der Waals surface area contributed by atoms with E-state index in [0.717, 1.165) is 50.8 Å². The van der Waals surface area contributed by atoms with Gasteiger partial charge in [-0.15, -0.1) is 0 Å². The molecule has 5 aliphatic carbocycles. The van der Waals surface area contributed by atoms with Crippen LogP contribution in [0.3, 0.4) is 0 Å². The molecule has 0 aromatic carbocycles. The minimum absolute atomic E-state index is 0.0583. The van der Waals surface area contributed by atoms with E-state index in [1.54, 1.807) is 0 Å². The molecular formula is C24H35NO4. The Labute approximate surface area is 173 Å². The van der Waals surface area contributed by atoms with Crippen LogP contribution in [0, 0.1) is 39.9 Å². The highest BCUT2D eigenvalue weighted by atomic mass is 16.5. The zero-order chi connectivity index (χ0) is 20.5. The van der Waals surface area contributed by atoms with Gasteiger partial charge in [0.2, 0.25) is 0 Å². The van der Waals surface area contributed by atoms with Crippen molar-refractivity contribution in [2.45, 2.75) is 77.2 Å². The van der Waals surface area contributed by atoms with Crippen molar-refractivity contribution in [3.8, 4) is 0 Å². The maximum absolute atomic E-state index is 11.9. The number of piperidine rings is 1. The molecule has 2 spiro atoms. The van der Waals surface area contributed by atoms with E-state index < -0.39 is 6.10 Å². The molecule has 5 saturated carbocycles. The number of likely N-dealkylation sites (tertiary alicyclic amines) is 1. The van der Waals surface area contributed by atoms with Gasteiger partial charge in [-0.05, 0) is 67.4 Å². The first-order valence-corrected chi connectivity index (χ1v) is 11.7. The molecule has 6 fully saturated rings. The number of aliphatic hydroxyl groups is 2. The lowest BCUT2D eigenvalue weighted by atomic mass is 9.43. The van der Waals surface area contributed by atoms with Gasteiger partial charge in [-0.2, -0.15) is 0 Å². The van der Waals surface area contributed by atoms with Crippen molar-refractivity contribution in [2.75, 3.05) is 13.1 Å². The number of aliphatic hydroxyl groups excluding tert-OH is 2. The van der Waals surface area contributed by atoms with Gasteiger partial charge in [0.1, 0.15) is 6.10 Å². The molecule has 0 aromatic rings. The lowest BCUT2D eigenvalue weighted by molar-refractivity contribution is -0.220. The molecule has 1 heterocycles. The number of ether oxygens (including phenoxy) is 1. The number of esters is 1. The molecule has 0 radical (unpaired) electrons. The van der Waals surface area contributed by atoms with E-state index in [0.29, 0.717) is 17.9 Å². The van der Waals surface area contributed by atoms with E-state index in [1.807, 2.05) is 0 Å². The number of fused-ring (bicyclic) bond motifs is 1. The van der Waals surface area contributed by atoms with E-state index in [-0.39, 0.29) is 46.3 Å². The van der Waals surface area contributed by atoms with Crippen LogP contribution < -0.4 is 0 Å². The first kappa shape index (κ1) is 18.8. The van der Waals surface area contributed by atoms with Crippen LogP contribution in [0.15, 0.2) is 12.2 Å². The molecular weight excluding hydrogens is 366 g/mol. The summed E-state index contributed by atoms with van der Waals surface area (Å²) in [5.74, 6) is 0.914. The Morgan fingerprint density at radius 1 is 1.31 bits per heavy atom. The normalized spacial score (nSPS) is 59.7. The Morgan fingerprint density at radius 3 is 2.76 bits per heavy atom. The van der Waals surface area contributed by atoms with E-state index >= 15 is 0 Å². The molecule has 0 amide bonds. The number of carbonyl (C=O) groups is 1. The SMILES string of the molecule is C=C1C2CC3(C1O)C1CC4C5(C)CCC(O)C4(C1N(CC)C5)C3CC2OC(C)=O. The van der Waals surface area contributed by atoms with Crippen molar-refractivity contribution >= 4 is 5.97 Å². The summed E-state index contributed by atoms with van der Waals surface area (Å²) in [6.07, 6.45) is 3.63. The van der Waals surface area contributed by atoms with Gasteiger partial charge < -0.3 is 14.9 Å². The van der Waals surface area contributed by atoms with Crippen molar-refractivity contribution in [2.24, 2.45) is 39.9 Å². The molecule has 0 aromatic heterocycles. The third-order valence-corrected chi connectivity index (χ3v) is 10.8. The highest BCUT2D eigenvalue weighted by molar-refractivity contribution is 5.66. The molecule has 11 unspecified atom stereocenters. The maximum atomic E-state index is 11.9. The summed E-state index contributed by atoms with van der Waals surface area (Å²) in [4.78, 5) is 14.5. The summed E-state index contributed by atoms with van der Waals surface area (Å²) in [6, 6.07) is 0.336. The third-order valence-electron chi connectivity index (χ3n) is 10.8. The summed E-state index contributed by atoms with van der Waals surface area (Å²) in [7, 11) is 0. The van der Waals surface area contributed by atoms with E-state index in [9.17, 15) is 15.0 Å². The van der Waals surface area contributed by atoms with Crippen molar-refractivity contribution in [1.29, 1.82) is 0 Å². The molecule has 29 heavy (non-hydrogen) atoms. The van der Waals surface area contributed by atoms with Crippen LogP contribution in [0.1, 0.15) is 52.9 Å². The van der Waals surface area contributed by atoms with Crippen LogP contribution in [0.5, 0.6) is 0 Å². The summed E-state index contributed by atoms with van der Waals surface area (Å²) in [6.45, 7) is 12.6. The molecule has 1 saturated heterocycles. The van der Waals surface area contributed by atoms with Gasteiger partial charge in [0, 0.05) is 36.3 Å². The molecule has 11 atom stereocenters. The number of hydrogen-bond acceptors (Lipinski definition) is 5. The van der Waals surface area contributed by atoms with E-state index in [2.05, 4.69) is 25.3 Å². The Bertz CT molecular complexity index is 798. The minimum Gasteiger partial charge on any atom is -0.462 e. The second-order valence-electron chi connectivity index (χ2n) is 11.4. The van der Waals surface area contributed by atoms with Crippen LogP contribution in [-0.2, 0) is 9.53 Å². The van der Waals surface area contributed by atoms with Gasteiger partial charge in [0.25, 0.3) is 0 Å². The van der Waals surface area contributed by atoms with Crippen molar-refractivity contribution in [3.05, 3.63) is 12.2 Å². The number of carbonyl (C=O) groups excluding carboxylic acids is 1. The summed E-state index contributed by atoms with van der Waals surface area (Å²) >= 11 is 0. The molecule has 7 bridgehead atoms. The smallest absolute Gasteiger partial charge is 0.302 e. The van der Waals surface area contributed by atoms with Crippen molar-refractivity contribution in [1.82, 2.24) is 4.90 Å². The quantitative estimate of drug-likeness (QED) is 0.549. The highest BCUT2D eigenvalue weighted by Gasteiger charge is 2.85. The molecule has 160 valence electrons. The fourth-order valence-electron chi connectivity index (χ4n) is 10.3. The molecule has 1 aliphatic heterocycles. The van der Waals surface area contributed by atoms with Crippen LogP contribution in [-0.4, -0.2) is 58.5 Å². The Balaban J connectivity index is 1.55. The lowest BCUT2D eigenvalue weighted by Crippen LogP contribution is -2.68. The third kappa shape index (κ3) is 1.81. The van der Waals surface area contributed by atoms with Gasteiger partial charge in [0.05, 0.1) is 12.2 Å². The lowest BCUT2D eigenvalue weighted by Gasteiger charge is -2.65. The summed E-state index contributed by atoms with van der Waals surface area (Å²) < 4.78 is 5.82. The largest absolute Gasteiger partial charge is 0.462 e. The predicted molar refractivity (Wildman–Crippen MR) is 108 cm³/mol. The number of rotatable bonds is 2. The Kier molecular flexibility index (Phi) is 3.55. The molecule has 2 N–H and O–H groups in total. The van der Waals surface area contributed by atoms with Gasteiger partial charge >= 0.3 is 5.97 Å². The minimum atomic E-state index is -0.539. The predicted octanol–water partition coefficient (Wildman–Crippen LogP) is 2.36. The first-order valence-electron chi connectivity index (χ1n) is 11.7. The zero-order valence-electron chi connectivity index (χ0n) is 17.9. The topological polar surface area (TPSA) is 70.0 Å². The molecule has 5 nitrogen and oxygen atoms in total. The van der Waals surface area contributed by atoms with Gasteiger partial charge in [0.15, 0.2) is 0 Å². The fourth-order valence-corrected chi connectivity index (χ4v) is 10.3.